The Morgan fingerprint density at radius 3 is 2.59 bits per heavy atom. The van der Waals surface area contributed by atoms with Crippen molar-refractivity contribution in [3.63, 3.8) is 0 Å². The number of fused-ring (bicyclic) bond motifs is 7. The van der Waals surface area contributed by atoms with Gasteiger partial charge in [-0.3, -0.25) is 4.68 Å². The normalized spacial score (nSPS) is 14.0. The van der Waals surface area contributed by atoms with Gasteiger partial charge in [0.05, 0.1) is 35.9 Å². The summed E-state index contributed by atoms with van der Waals surface area (Å²) in [6, 6.07) is 10.1. The van der Waals surface area contributed by atoms with Crippen LogP contribution in [0.5, 0.6) is 11.8 Å². The van der Waals surface area contributed by atoms with Gasteiger partial charge in [-0.15, -0.1) is 0 Å². The highest BCUT2D eigenvalue weighted by molar-refractivity contribution is 5.93. The quantitative estimate of drug-likeness (QED) is 0.474. The van der Waals surface area contributed by atoms with Crippen molar-refractivity contribution >= 4 is 16.7 Å². The Morgan fingerprint density at radius 2 is 1.78 bits per heavy atom. The number of pyridine rings is 3. The molecule has 32 heavy (non-hydrogen) atoms. The summed E-state index contributed by atoms with van der Waals surface area (Å²) in [5.74, 6) is 1.20. The predicted octanol–water partition coefficient (Wildman–Crippen LogP) is 4.55. The Hall–Kier alpha value is -3.68. The molecule has 1 N–H and O–H groups in total. The molecule has 2 bridgehead atoms. The summed E-state index contributed by atoms with van der Waals surface area (Å²) in [4.78, 5) is 13.9. The zero-order chi connectivity index (χ0) is 22.1. The van der Waals surface area contributed by atoms with Crippen LogP contribution in [0, 0.1) is 6.92 Å². The number of anilines is 1. The molecule has 0 amide bonds. The van der Waals surface area contributed by atoms with Crippen LogP contribution >= 0.6 is 0 Å². The van der Waals surface area contributed by atoms with Crippen LogP contribution in [-0.2, 0) is 6.54 Å². The number of nitrogens with zero attached hydrogens (tertiary/aromatic N) is 5. The van der Waals surface area contributed by atoms with Crippen molar-refractivity contribution in [3.8, 4) is 23.0 Å². The predicted molar refractivity (Wildman–Crippen MR) is 123 cm³/mol. The number of hydrogen-bond donors (Lipinski definition) is 1. The minimum atomic E-state index is 0.194. The van der Waals surface area contributed by atoms with Crippen LogP contribution in [0.3, 0.4) is 0 Å². The first-order chi connectivity index (χ1) is 15.6. The maximum atomic E-state index is 6.01. The van der Waals surface area contributed by atoms with E-state index >= 15 is 0 Å². The minimum Gasteiger partial charge on any atom is -0.477 e. The summed E-state index contributed by atoms with van der Waals surface area (Å²) in [6.45, 7) is 7.81. The summed E-state index contributed by atoms with van der Waals surface area (Å²) in [5.41, 5.74) is 6.32. The fourth-order valence-corrected chi connectivity index (χ4v) is 3.90. The Bertz CT molecular complexity index is 1270. The lowest BCUT2D eigenvalue weighted by molar-refractivity contribution is 0.237. The van der Waals surface area contributed by atoms with Crippen LogP contribution in [0.4, 0.5) is 5.69 Å². The topological polar surface area (TPSA) is 87.0 Å². The summed E-state index contributed by atoms with van der Waals surface area (Å²) < 4.78 is 14.0. The van der Waals surface area contributed by atoms with E-state index in [1.165, 1.54) is 0 Å². The van der Waals surface area contributed by atoms with Crippen molar-refractivity contribution < 1.29 is 9.47 Å². The highest BCUT2D eigenvalue weighted by Gasteiger charge is 2.20. The van der Waals surface area contributed by atoms with Crippen molar-refractivity contribution in [2.24, 2.45) is 0 Å². The molecule has 4 aromatic heterocycles. The average Bonchev–Trinajstić information content (AvgIpc) is 3.15. The first kappa shape index (κ1) is 20.2. The molecule has 0 aromatic carbocycles. The maximum Gasteiger partial charge on any atom is 0.222 e. The van der Waals surface area contributed by atoms with E-state index in [1.807, 2.05) is 35.9 Å². The Labute approximate surface area is 186 Å². The van der Waals surface area contributed by atoms with Gasteiger partial charge in [-0.25, -0.2) is 15.0 Å². The van der Waals surface area contributed by atoms with Crippen LogP contribution in [0.1, 0.15) is 37.6 Å². The van der Waals surface area contributed by atoms with Crippen molar-refractivity contribution in [1.82, 2.24) is 24.7 Å². The van der Waals surface area contributed by atoms with Gasteiger partial charge in [0.15, 0.2) is 0 Å². The lowest BCUT2D eigenvalue weighted by atomic mass is 10.1. The fourth-order valence-electron chi connectivity index (χ4n) is 3.90. The van der Waals surface area contributed by atoms with Crippen molar-refractivity contribution in [3.05, 3.63) is 54.0 Å². The van der Waals surface area contributed by atoms with E-state index in [1.54, 1.807) is 12.4 Å². The number of nitrogens with one attached hydrogen (secondary N) is 1. The molecule has 0 spiro atoms. The molecule has 8 heteroatoms. The first-order valence-electron chi connectivity index (χ1n) is 10.9. The third kappa shape index (κ3) is 3.72. The van der Waals surface area contributed by atoms with Crippen LogP contribution in [0.25, 0.3) is 22.3 Å². The molecule has 0 unspecified atom stereocenters. The van der Waals surface area contributed by atoms with E-state index in [0.717, 1.165) is 45.7 Å². The number of aryl methyl sites for hydroxylation is 1. The van der Waals surface area contributed by atoms with E-state index < -0.39 is 0 Å². The van der Waals surface area contributed by atoms with Gasteiger partial charge in [-0.2, -0.15) is 5.10 Å². The molecular formula is C24H26N6O2. The van der Waals surface area contributed by atoms with E-state index in [0.29, 0.717) is 31.5 Å². The summed E-state index contributed by atoms with van der Waals surface area (Å²) >= 11 is 0. The fraction of sp³-hybridized carbons (Fsp3) is 0.333. The zero-order valence-electron chi connectivity index (χ0n) is 18.5. The zero-order valence-corrected chi connectivity index (χ0v) is 18.5. The van der Waals surface area contributed by atoms with Crippen LogP contribution in [-0.4, -0.2) is 37.9 Å². The second-order valence-corrected chi connectivity index (χ2v) is 8.10. The van der Waals surface area contributed by atoms with E-state index in [9.17, 15) is 0 Å². The molecule has 1 aliphatic heterocycles. The first-order valence-corrected chi connectivity index (χ1v) is 10.9. The van der Waals surface area contributed by atoms with Gasteiger partial charge in [0.2, 0.25) is 11.8 Å². The van der Waals surface area contributed by atoms with Gasteiger partial charge < -0.3 is 14.8 Å². The molecule has 4 aromatic rings. The second kappa shape index (κ2) is 8.45. The van der Waals surface area contributed by atoms with Crippen molar-refractivity contribution in [1.29, 1.82) is 0 Å². The van der Waals surface area contributed by atoms with Crippen molar-refractivity contribution in [2.45, 2.75) is 39.8 Å². The molecular weight excluding hydrogens is 404 g/mol. The Balaban J connectivity index is 1.71. The Morgan fingerprint density at radius 1 is 1.03 bits per heavy atom. The molecule has 0 fully saturated rings. The molecule has 5 rings (SSSR count). The number of aromatic nitrogens is 5. The van der Waals surface area contributed by atoms with Gasteiger partial charge in [0.25, 0.3) is 0 Å². The van der Waals surface area contributed by atoms with E-state index in [4.69, 9.17) is 19.6 Å². The molecule has 8 nitrogen and oxygen atoms in total. The smallest absolute Gasteiger partial charge is 0.222 e. The van der Waals surface area contributed by atoms with Gasteiger partial charge in [-0.1, -0.05) is 6.07 Å². The molecule has 0 atom stereocenters. The molecule has 0 saturated heterocycles. The second-order valence-electron chi connectivity index (χ2n) is 8.10. The van der Waals surface area contributed by atoms with Crippen LogP contribution < -0.4 is 14.8 Å². The lowest BCUT2D eigenvalue weighted by Gasteiger charge is -2.17. The number of ether oxygens (including phenoxy) is 2. The van der Waals surface area contributed by atoms with Gasteiger partial charge in [-0.05, 0) is 45.0 Å². The largest absolute Gasteiger partial charge is 0.477 e. The summed E-state index contributed by atoms with van der Waals surface area (Å²) in [5, 5.41) is 8.37. The molecule has 1 aliphatic rings. The van der Waals surface area contributed by atoms with Gasteiger partial charge >= 0.3 is 0 Å². The maximum absolute atomic E-state index is 6.01. The Kier molecular flexibility index (Phi) is 5.34. The summed E-state index contributed by atoms with van der Waals surface area (Å²) in [6.07, 6.45) is 4.20. The number of rotatable bonds is 1. The average molecular weight is 431 g/mol. The highest BCUT2D eigenvalue weighted by atomic mass is 16.5. The monoisotopic (exact) mass is 430 g/mol. The molecule has 5 heterocycles. The van der Waals surface area contributed by atoms with Crippen molar-refractivity contribution in [2.75, 3.05) is 18.5 Å². The molecule has 0 saturated carbocycles. The minimum absolute atomic E-state index is 0.194. The molecule has 0 radical (unpaired) electrons. The van der Waals surface area contributed by atoms with Gasteiger partial charge in [0.1, 0.15) is 11.0 Å². The summed E-state index contributed by atoms with van der Waals surface area (Å²) in [7, 11) is 0. The SMILES string of the molecule is Cc1nn(C(C)C)c2c3cc(nc12)-c1cccnc1OCCCOc1ncccc1CN3. The number of hydrogen-bond acceptors (Lipinski definition) is 7. The lowest BCUT2D eigenvalue weighted by Crippen LogP contribution is -2.11. The van der Waals surface area contributed by atoms with E-state index in [2.05, 4.69) is 35.2 Å². The third-order valence-electron chi connectivity index (χ3n) is 5.44. The molecule has 0 aliphatic carbocycles. The van der Waals surface area contributed by atoms with Crippen LogP contribution in [0.2, 0.25) is 0 Å². The standard InChI is InChI=1S/C24H26N6O2/c1-15(2)30-22-20-13-19(28-21(22)16(3)29-30)18-8-5-10-26-24(18)32-12-6-11-31-23-17(14-27-20)7-4-9-25-23/h4-5,7-10,13,15,27H,6,11-12,14H2,1-3H3. The third-order valence-corrected chi connectivity index (χ3v) is 5.44. The molecule has 164 valence electrons. The highest BCUT2D eigenvalue weighted by Crippen LogP contribution is 2.35. The van der Waals surface area contributed by atoms with Gasteiger partial charge in [0, 0.05) is 37.0 Å². The van der Waals surface area contributed by atoms with Crippen LogP contribution in [0.15, 0.2) is 42.7 Å². The van der Waals surface area contributed by atoms with E-state index in [-0.39, 0.29) is 6.04 Å².